The van der Waals surface area contributed by atoms with Crippen LogP contribution in [0.4, 0.5) is 5.82 Å². The average molecular weight is 439 g/mol. The fraction of sp³-hybridized carbons (Fsp3) is 0.680. The molecular weight excluding hydrogens is 404 g/mol. The van der Waals surface area contributed by atoms with E-state index in [4.69, 9.17) is 19.2 Å². The SMILES string of the molecule is COc1cc2c(N3CCN(C45CC6CC(CC(C6)C4)C5)CC3)ncnc2c(OC)c1OC. The van der Waals surface area contributed by atoms with E-state index >= 15 is 0 Å². The number of benzene rings is 1. The van der Waals surface area contributed by atoms with E-state index in [0.29, 0.717) is 22.8 Å². The third kappa shape index (κ3) is 3.04. The molecule has 32 heavy (non-hydrogen) atoms. The minimum atomic E-state index is 0.481. The molecule has 1 saturated heterocycles. The molecule has 0 unspecified atom stereocenters. The Balaban J connectivity index is 1.28. The molecule has 2 aromatic rings. The summed E-state index contributed by atoms with van der Waals surface area (Å²) in [7, 11) is 4.91. The van der Waals surface area contributed by atoms with Gasteiger partial charge in [0.15, 0.2) is 11.5 Å². The lowest BCUT2D eigenvalue weighted by Gasteiger charge is -2.61. The standard InChI is InChI=1S/C25H34N4O3/c1-30-20-11-19-21(23(32-3)22(20)31-2)26-15-27-24(19)28-4-6-29(7-5-28)25-12-16-8-17(13-25)10-18(9-16)14-25/h11,15-18H,4-10,12-14H2,1-3H3. The predicted molar refractivity (Wildman–Crippen MR) is 124 cm³/mol. The van der Waals surface area contributed by atoms with E-state index < -0.39 is 0 Å². The van der Waals surface area contributed by atoms with E-state index in [9.17, 15) is 0 Å². The predicted octanol–water partition coefficient (Wildman–Crippen LogP) is 3.75. The van der Waals surface area contributed by atoms with Crippen molar-refractivity contribution >= 4 is 16.7 Å². The molecule has 1 aliphatic heterocycles. The smallest absolute Gasteiger partial charge is 0.205 e. The summed E-state index contributed by atoms with van der Waals surface area (Å²) in [6.07, 6.45) is 10.4. The van der Waals surface area contributed by atoms with Crippen LogP contribution < -0.4 is 19.1 Å². The van der Waals surface area contributed by atoms with Gasteiger partial charge in [-0.1, -0.05) is 0 Å². The van der Waals surface area contributed by atoms with Gasteiger partial charge in [-0.2, -0.15) is 0 Å². The van der Waals surface area contributed by atoms with Crippen LogP contribution in [0.1, 0.15) is 38.5 Å². The van der Waals surface area contributed by atoms with Gasteiger partial charge in [0.1, 0.15) is 17.7 Å². The van der Waals surface area contributed by atoms with Gasteiger partial charge in [-0.15, -0.1) is 0 Å². The van der Waals surface area contributed by atoms with Crippen molar-refractivity contribution in [3.8, 4) is 17.2 Å². The Hall–Kier alpha value is -2.28. The summed E-state index contributed by atoms with van der Waals surface area (Å²) in [4.78, 5) is 14.5. The molecule has 1 aromatic heterocycles. The number of methoxy groups -OCH3 is 3. The minimum absolute atomic E-state index is 0.481. The molecule has 1 aromatic carbocycles. The average Bonchev–Trinajstić information content (AvgIpc) is 2.81. The molecule has 0 radical (unpaired) electrons. The molecule has 4 aliphatic carbocycles. The highest BCUT2D eigenvalue weighted by molar-refractivity contribution is 5.97. The molecule has 4 saturated carbocycles. The van der Waals surface area contributed by atoms with Gasteiger partial charge in [-0.3, -0.25) is 4.90 Å². The highest BCUT2D eigenvalue weighted by atomic mass is 16.5. The Morgan fingerprint density at radius 3 is 2.00 bits per heavy atom. The molecule has 2 heterocycles. The molecule has 5 aliphatic rings. The van der Waals surface area contributed by atoms with Crippen LogP contribution in [0.2, 0.25) is 0 Å². The van der Waals surface area contributed by atoms with Crippen molar-refractivity contribution in [3.05, 3.63) is 12.4 Å². The summed E-state index contributed by atoms with van der Waals surface area (Å²) in [5, 5.41) is 0.949. The second-order valence-electron chi connectivity index (χ2n) is 10.4. The van der Waals surface area contributed by atoms with Crippen LogP contribution in [-0.4, -0.2) is 67.9 Å². The van der Waals surface area contributed by atoms with Gasteiger partial charge in [0.25, 0.3) is 0 Å². The second-order valence-corrected chi connectivity index (χ2v) is 10.4. The Bertz CT molecular complexity index is 983. The second kappa shape index (κ2) is 7.65. The monoisotopic (exact) mass is 438 g/mol. The van der Waals surface area contributed by atoms with Gasteiger partial charge in [-0.25, -0.2) is 9.97 Å². The van der Waals surface area contributed by atoms with E-state index in [1.165, 1.54) is 38.5 Å². The quantitative estimate of drug-likeness (QED) is 0.705. The number of hydrogen-bond acceptors (Lipinski definition) is 7. The van der Waals surface area contributed by atoms with Crippen molar-refractivity contribution in [1.82, 2.24) is 14.9 Å². The van der Waals surface area contributed by atoms with Gasteiger partial charge in [0.2, 0.25) is 5.75 Å². The third-order valence-corrected chi connectivity index (χ3v) is 8.67. The van der Waals surface area contributed by atoms with Crippen molar-refractivity contribution in [2.75, 3.05) is 52.4 Å². The zero-order chi connectivity index (χ0) is 21.9. The molecule has 7 rings (SSSR count). The molecular formula is C25H34N4O3. The van der Waals surface area contributed by atoms with Crippen molar-refractivity contribution in [2.24, 2.45) is 17.8 Å². The largest absolute Gasteiger partial charge is 0.493 e. The third-order valence-electron chi connectivity index (χ3n) is 8.67. The van der Waals surface area contributed by atoms with Crippen LogP contribution in [0.3, 0.4) is 0 Å². The van der Waals surface area contributed by atoms with Crippen LogP contribution in [-0.2, 0) is 0 Å². The summed E-state index contributed by atoms with van der Waals surface area (Å²) in [5.41, 5.74) is 1.24. The summed E-state index contributed by atoms with van der Waals surface area (Å²) in [5.74, 6) is 5.72. The molecule has 7 heteroatoms. The van der Waals surface area contributed by atoms with Gasteiger partial charge in [-0.05, 0) is 62.3 Å². The summed E-state index contributed by atoms with van der Waals surface area (Å²) in [6.45, 7) is 4.21. The van der Waals surface area contributed by atoms with Gasteiger partial charge in [0, 0.05) is 31.7 Å². The molecule has 0 amide bonds. The molecule has 5 fully saturated rings. The summed E-state index contributed by atoms with van der Waals surface area (Å²) < 4.78 is 16.8. The van der Waals surface area contributed by atoms with Crippen molar-refractivity contribution in [1.29, 1.82) is 0 Å². The van der Waals surface area contributed by atoms with Crippen molar-refractivity contribution in [3.63, 3.8) is 0 Å². The first-order valence-corrected chi connectivity index (χ1v) is 12.1. The maximum absolute atomic E-state index is 5.67. The molecule has 0 atom stereocenters. The molecule has 4 bridgehead atoms. The molecule has 0 spiro atoms. The first kappa shape index (κ1) is 20.3. The number of fused-ring (bicyclic) bond motifs is 1. The van der Waals surface area contributed by atoms with E-state index in [1.54, 1.807) is 27.7 Å². The van der Waals surface area contributed by atoms with E-state index in [2.05, 4.69) is 14.8 Å². The van der Waals surface area contributed by atoms with Crippen LogP contribution >= 0.6 is 0 Å². The fourth-order valence-electron chi connectivity index (χ4n) is 7.75. The topological polar surface area (TPSA) is 60.0 Å². The molecule has 0 N–H and O–H groups in total. The zero-order valence-electron chi connectivity index (χ0n) is 19.5. The van der Waals surface area contributed by atoms with E-state index in [-0.39, 0.29) is 0 Å². The van der Waals surface area contributed by atoms with Gasteiger partial charge in [0.05, 0.1) is 26.7 Å². The van der Waals surface area contributed by atoms with E-state index in [0.717, 1.165) is 60.7 Å². The number of hydrogen-bond donors (Lipinski definition) is 0. The van der Waals surface area contributed by atoms with Gasteiger partial charge < -0.3 is 19.1 Å². The lowest BCUT2D eigenvalue weighted by atomic mass is 9.52. The zero-order valence-corrected chi connectivity index (χ0v) is 19.5. The normalized spacial score (nSPS) is 31.8. The maximum Gasteiger partial charge on any atom is 0.205 e. The van der Waals surface area contributed by atoms with Crippen molar-refractivity contribution in [2.45, 2.75) is 44.1 Å². The van der Waals surface area contributed by atoms with Crippen LogP contribution in [0.15, 0.2) is 12.4 Å². The number of rotatable bonds is 5. The first-order chi connectivity index (χ1) is 15.6. The number of aromatic nitrogens is 2. The van der Waals surface area contributed by atoms with E-state index in [1.807, 2.05) is 6.07 Å². The van der Waals surface area contributed by atoms with Gasteiger partial charge >= 0.3 is 0 Å². The number of nitrogens with zero attached hydrogens (tertiary/aromatic N) is 4. The maximum atomic E-state index is 5.67. The fourth-order valence-corrected chi connectivity index (χ4v) is 7.75. The van der Waals surface area contributed by atoms with Crippen molar-refractivity contribution < 1.29 is 14.2 Å². The number of ether oxygens (including phenoxy) is 3. The number of piperazine rings is 1. The van der Waals surface area contributed by atoms with Crippen LogP contribution in [0.25, 0.3) is 10.9 Å². The lowest BCUT2D eigenvalue weighted by molar-refractivity contribution is -0.0901. The Kier molecular flexibility index (Phi) is 4.86. The Labute approximate surface area is 190 Å². The van der Waals surface area contributed by atoms with Crippen LogP contribution in [0, 0.1) is 17.8 Å². The number of anilines is 1. The molecule has 7 nitrogen and oxygen atoms in total. The Morgan fingerprint density at radius 1 is 0.812 bits per heavy atom. The lowest BCUT2D eigenvalue weighted by Crippen LogP contribution is -2.64. The highest BCUT2D eigenvalue weighted by Gasteiger charge is 2.53. The summed E-state index contributed by atoms with van der Waals surface area (Å²) in [6, 6.07) is 1.98. The Morgan fingerprint density at radius 2 is 1.44 bits per heavy atom. The molecule has 172 valence electrons. The highest BCUT2D eigenvalue weighted by Crippen LogP contribution is 2.58. The van der Waals surface area contributed by atoms with Crippen LogP contribution in [0.5, 0.6) is 17.2 Å². The summed E-state index contributed by atoms with van der Waals surface area (Å²) >= 11 is 0. The minimum Gasteiger partial charge on any atom is -0.493 e. The first-order valence-electron chi connectivity index (χ1n) is 12.1.